The summed E-state index contributed by atoms with van der Waals surface area (Å²) in [7, 11) is 0. The lowest BCUT2D eigenvalue weighted by molar-refractivity contribution is -0.156. The monoisotopic (exact) mass is 462 g/mol. The number of nitrogens with zero attached hydrogens (tertiary/aromatic N) is 1. The van der Waals surface area contributed by atoms with Crippen molar-refractivity contribution >= 4 is 29.8 Å². The molecule has 1 heterocycles. The molecule has 1 aromatic rings. The van der Waals surface area contributed by atoms with Crippen LogP contribution in [0.3, 0.4) is 0 Å². The van der Waals surface area contributed by atoms with Crippen molar-refractivity contribution in [1.29, 1.82) is 0 Å². The number of ether oxygens (including phenoxy) is 3. The Kier molecular flexibility index (Phi) is 9.99. The van der Waals surface area contributed by atoms with Crippen LogP contribution in [0.2, 0.25) is 0 Å². The number of carbonyl (C=O) groups is 4. The van der Waals surface area contributed by atoms with Crippen LogP contribution >= 0.6 is 0 Å². The van der Waals surface area contributed by atoms with Gasteiger partial charge in [0.05, 0.1) is 44.0 Å². The van der Waals surface area contributed by atoms with Gasteiger partial charge in [0.25, 0.3) is 11.8 Å². The summed E-state index contributed by atoms with van der Waals surface area (Å²) in [4.78, 5) is 49.0. The second-order valence-electron chi connectivity index (χ2n) is 8.79. The minimum Gasteiger partial charge on any atom is -0.460 e. The van der Waals surface area contributed by atoms with Crippen molar-refractivity contribution in [3.63, 3.8) is 0 Å². The molecule has 9 heteroatoms. The number of hydrogen-bond donors (Lipinski definition) is 1. The summed E-state index contributed by atoms with van der Waals surface area (Å²) in [6.07, 6.45) is 1.70. The Bertz CT molecular complexity index is 848. The predicted octanol–water partition coefficient (Wildman–Crippen LogP) is 2.83. The number of carbonyl (C=O) groups excluding carboxylic acids is 4. The standard InChI is InChI=1S/C24H34N2O7/c1-17(7-6-12-27)26-22(29)18-8-5-9-19(21(18)23(26)30)25-11-14-32-16-15-31-13-10-20(28)33-24(2,3)4/h5,8-9,12,17,25H,6-7,10-11,13-16H2,1-4H3. The smallest absolute Gasteiger partial charge is 0.308 e. The molecule has 1 aromatic carbocycles. The van der Waals surface area contributed by atoms with E-state index in [1.807, 2.05) is 20.8 Å². The molecule has 1 N–H and O–H groups in total. The third-order valence-corrected chi connectivity index (χ3v) is 4.89. The number of imide groups is 1. The molecular weight excluding hydrogens is 428 g/mol. The maximum atomic E-state index is 12.9. The quantitative estimate of drug-likeness (QED) is 0.194. The van der Waals surface area contributed by atoms with Crippen molar-refractivity contribution in [3.8, 4) is 0 Å². The summed E-state index contributed by atoms with van der Waals surface area (Å²) < 4.78 is 16.1. The molecule has 1 aliphatic heterocycles. The predicted molar refractivity (Wildman–Crippen MR) is 122 cm³/mol. The fourth-order valence-corrected chi connectivity index (χ4v) is 3.42. The highest BCUT2D eigenvalue weighted by atomic mass is 16.6. The largest absolute Gasteiger partial charge is 0.460 e. The van der Waals surface area contributed by atoms with Crippen LogP contribution in [-0.4, -0.2) is 73.6 Å². The molecule has 1 aliphatic rings. The first-order chi connectivity index (χ1) is 15.7. The third kappa shape index (κ3) is 7.94. The number of nitrogens with one attached hydrogen (secondary N) is 1. The van der Waals surface area contributed by atoms with E-state index in [9.17, 15) is 19.2 Å². The van der Waals surface area contributed by atoms with E-state index in [4.69, 9.17) is 14.2 Å². The Morgan fingerprint density at radius 1 is 1.09 bits per heavy atom. The van der Waals surface area contributed by atoms with Crippen molar-refractivity contribution in [3.05, 3.63) is 29.3 Å². The van der Waals surface area contributed by atoms with E-state index >= 15 is 0 Å². The van der Waals surface area contributed by atoms with Crippen molar-refractivity contribution in [1.82, 2.24) is 4.90 Å². The van der Waals surface area contributed by atoms with E-state index in [1.165, 1.54) is 4.90 Å². The molecule has 0 saturated carbocycles. The van der Waals surface area contributed by atoms with Crippen molar-refractivity contribution in [2.45, 2.75) is 58.6 Å². The molecule has 9 nitrogen and oxygen atoms in total. The number of benzene rings is 1. The highest BCUT2D eigenvalue weighted by Crippen LogP contribution is 2.31. The fourth-order valence-electron chi connectivity index (χ4n) is 3.42. The molecular formula is C24H34N2O7. The Hall–Kier alpha value is -2.78. The van der Waals surface area contributed by atoms with Crippen molar-refractivity contribution in [2.75, 3.05) is 38.3 Å². The number of aldehydes is 1. The first kappa shape index (κ1) is 26.5. The molecule has 0 bridgehead atoms. The summed E-state index contributed by atoms with van der Waals surface area (Å²) >= 11 is 0. The van der Waals surface area contributed by atoms with Gasteiger partial charge in [-0.2, -0.15) is 0 Å². The first-order valence-electron chi connectivity index (χ1n) is 11.2. The topological polar surface area (TPSA) is 111 Å². The van der Waals surface area contributed by atoms with Gasteiger partial charge in [0.15, 0.2) is 0 Å². The van der Waals surface area contributed by atoms with Crippen LogP contribution in [0.1, 0.15) is 67.7 Å². The fraction of sp³-hybridized carbons (Fsp3) is 0.583. The lowest BCUT2D eigenvalue weighted by Gasteiger charge is -2.21. The maximum absolute atomic E-state index is 12.9. The van der Waals surface area contributed by atoms with Gasteiger partial charge in [-0.1, -0.05) is 6.07 Å². The Morgan fingerprint density at radius 3 is 2.45 bits per heavy atom. The Balaban J connectivity index is 1.71. The molecule has 0 aromatic heterocycles. The summed E-state index contributed by atoms with van der Waals surface area (Å²) in [6, 6.07) is 4.77. The van der Waals surface area contributed by atoms with Gasteiger partial charge < -0.3 is 24.3 Å². The second kappa shape index (κ2) is 12.5. The van der Waals surface area contributed by atoms with E-state index in [-0.39, 0.29) is 36.9 Å². The number of fused-ring (bicyclic) bond motifs is 1. The van der Waals surface area contributed by atoms with Crippen LogP contribution in [-0.2, 0) is 23.8 Å². The molecule has 1 atom stereocenters. The normalized spacial score (nSPS) is 14.2. The first-order valence-corrected chi connectivity index (χ1v) is 11.2. The lowest BCUT2D eigenvalue weighted by atomic mass is 10.1. The van der Waals surface area contributed by atoms with Gasteiger partial charge >= 0.3 is 5.97 Å². The van der Waals surface area contributed by atoms with Gasteiger partial charge in [0.2, 0.25) is 0 Å². The highest BCUT2D eigenvalue weighted by molar-refractivity contribution is 6.23. The SMILES string of the molecule is CC(CCC=O)N1C(=O)c2cccc(NCCOCCOCCC(=O)OC(C)(C)C)c2C1=O. The Labute approximate surface area is 194 Å². The minimum absolute atomic E-state index is 0.190. The van der Waals surface area contributed by atoms with Gasteiger partial charge in [0.1, 0.15) is 11.9 Å². The molecule has 182 valence electrons. The van der Waals surface area contributed by atoms with Crippen LogP contribution in [0.4, 0.5) is 5.69 Å². The number of rotatable bonds is 14. The number of esters is 1. The van der Waals surface area contributed by atoms with Crippen molar-refractivity contribution in [2.24, 2.45) is 0 Å². The van der Waals surface area contributed by atoms with Crippen LogP contribution in [0.15, 0.2) is 18.2 Å². The number of hydrogen-bond acceptors (Lipinski definition) is 8. The van der Waals surface area contributed by atoms with Gasteiger partial charge in [-0.25, -0.2) is 0 Å². The van der Waals surface area contributed by atoms with Gasteiger partial charge in [0, 0.05) is 24.7 Å². The van der Waals surface area contributed by atoms with Crippen LogP contribution < -0.4 is 5.32 Å². The van der Waals surface area contributed by atoms with E-state index in [0.29, 0.717) is 56.0 Å². The zero-order valence-corrected chi connectivity index (χ0v) is 19.8. The minimum atomic E-state index is -0.503. The van der Waals surface area contributed by atoms with E-state index in [2.05, 4.69) is 5.32 Å². The van der Waals surface area contributed by atoms with Gasteiger partial charge in [-0.05, 0) is 46.2 Å². The maximum Gasteiger partial charge on any atom is 0.308 e. The molecule has 33 heavy (non-hydrogen) atoms. The number of anilines is 1. The van der Waals surface area contributed by atoms with E-state index in [1.54, 1.807) is 25.1 Å². The van der Waals surface area contributed by atoms with Gasteiger partial charge in [-0.15, -0.1) is 0 Å². The zero-order chi connectivity index (χ0) is 24.4. The molecule has 0 fully saturated rings. The molecule has 0 spiro atoms. The molecule has 0 radical (unpaired) electrons. The average Bonchev–Trinajstić information content (AvgIpc) is 3.00. The van der Waals surface area contributed by atoms with Crippen molar-refractivity contribution < 1.29 is 33.4 Å². The Morgan fingerprint density at radius 2 is 1.79 bits per heavy atom. The summed E-state index contributed by atoms with van der Waals surface area (Å²) in [5.41, 5.74) is 0.790. The molecule has 1 unspecified atom stereocenters. The summed E-state index contributed by atoms with van der Waals surface area (Å²) in [5, 5.41) is 3.15. The summed E-state index contributed by atoms with van der Waals surface area (Å²) in [6.45, 7) is 9.02. The van der Waals surface area contributed by atoms with Crippen LogP contribution in [0, 0.1) is 0 Å². The van der Waals surface area contributed by atoms with Crippen LogP contribution in [0.25, 0.3) is 0 Å². The van der Waals surface area contributed by atoms with Gasteiger partial charge in [-0.3, -0.25) is 19.3 Å². The third-order valence-electron chi connectivity index (χ3n) is 4.89. The second-order valence-corrected chi connectivity index (χ2v) is 8.79. The summed E-state index contributed by atoms with van der Waals surface area (Å²) in [5.74, 6) is -0.986. The molecule has 0 aliphatic carbocycles. The molecule has 2 amide bonds. The highest BCUT2D eigenvalue weighted by Gasteiger charge is 2.39. The van der Waals surface area contributed by atoms with E-state index < -0.39 is 5.60 Å². The van der Waals surface area contributed by atoms with Crippen LogP contribution in [0.5, 0.6) is 0 Å². The number of amides is 2. The molecule has 0 saturated heterocycles. The zero-order valence-electron chi connectivity index (χ0n) is 19.8. The van der Waals surface area contributed by atoms with E-state index in [0.717, 1.165) is 6.29 Å². The lowest BCUT2D eigenvalue weighted by Crippen LogP contribution is -2.38. The molecule has 2 rings (SSSR count). The average molecular weight is 463 g/mol.